The highest BCUT2D eigenvalue weighted by Gasteiger charge is 2.26. The predicted octanol–water partition coefficient (Wildman–Crippen LogP) is 0.539. The van der Waals surface area contributed by atoms with Crippen LogP contribution in [0.5, 0.6) is 0 Å². The molecule has 2 N–H and O–H groups in total. The van der Waals surface area contributed by atoms with Crippen molar-refractivity contribution in [3.8, 4) is 0 Å². The first-order valence-corrected chi connectivity index (χ1v) is 8.42. The first-order valence-electron chi connectivity index (χ1n) is 7.54. The molecule has 2 saturated heterocycles. The molecule has 2 aliphatic rings. The minimum Gasteiger partial charge on any atom is -0.377 e. The second-order valence-corrected chi connectivity index (χ2v) is 6.50. The van der Waals surface area contributed by atoms with E-state index < -0.39 is 0 Å². The lowest BCUT2D eigenvalue weighted by atomic mass is 10.2. The quantitative estimate of drug-likeness (QED) is 0.879. The van der Waals surface area contributed by atoms with E-state index in [1.807, 2.05) is 10.3 Å². The average Bonchev–Trinajstić information content (AvgIpc) is 3.18. The Hall–Kier alpha value is -1.02. The minimum absolute atomic E-state index is 0.0303. The van der Waals surface area contributed by atoms with E-state index in [2.05, 4.69) is 9.88 Å². The molecule has 6 nitrogen and oxygen atoms in total. The van der Waals surface area contributed by atoms with Gasteiger partial charge in [-0.25, -0.2) is 4.98 Å². The molecular formula is C14H22N4O2S. The maximum Gasteiger partial charge on any atom is 0.273 e. The lowest BCUT2D eigenvalue weighted by Gasteiger charge is -2.35. The van der Waals surface area contributed by atoms with E-state index in [4.69, 9.17) is 10.5 Å². The van der Waals surface area contributed by atoms with E-state index in [0.717, 1.165) is 44.3 Å². The zero-order valence-corrected chi connectivity index (χ0v) is 13.0. The zero-order valence-electron chi connectivity index (χ0n) is 12.2. The number of carbonyl (C=O) groups is 1. The molecule has 1 atom stereocenters. The number of thiazole rings is 1. The van der Waals surface area contributed by atoms with Crippen LogP contribution < -0.4 is 5.73 Å². The van der Waals surface area contributed by atoms with Crippen LogP contribution >= 0.6 is 11.3 Å². The van der Waals surface area contributed by atoms with E-state index in [1.165, 1.54) is 24.2 Å². The molecule has 3 heterocycles. The van der Waals surface area contributed by atoms with Gasteiger partial charge in [-0.2, -0.15) is 0 Å². The number of nitrogens with zero attached hydrogens (tertiary/aromatic N) is 3. The van der Waals surface area contributed by atoms with E-state index in [1.54, 1.807) is 0 Å². The molecule has 0 aliphatic carbocycles. The molecule has 1 aromatic rings. The summed E-state index contributed by atoms with van der Waals surface area (Å²) >= 11 is 1.45. The Morgan fingerprint density at radius 1 is 1.43 bits per heavy atom. The van der Waals surface area contributed by atoms with Gasteiger partial charge in [0.2, 0.25) is 0 Å². The minimum atomic E-state index is 0.0303. The van der Waals surface area contributed by atoms with Crippen LogP contribution in [-0.4, -0.2) is 66.1 Å². The van der Waals surface area contributed by atoms with Crippen LogP contribution in [0, 0.1) is 0 Å². The molecule has 0 bridgehead atoms. The van der Waals surface area contributed by atoms with E-state index in [-0.39, 0.29) is 5.91 Å². The van der Waals surface area contributed by atoms with Crippen LogP contribution in [-0.2, 0) is 11.3 Å². The summed E-state index contributed by atoms with van der Waals surface area (Å²) in [7, 11) is 0. The number of nitrogens with two attached hydrogens (primary N) is 1. The highest BCUT2D eigenvalue weighted by atomic mass is 32.1. The van der Waals surface area contributed by atoms with Gasteiger partial charge in [0, 0.05) is 51.3 Å². The van der Waals surface area contributed by atoms with Crippen molar-refractivity contribution in [2.24, 2.45) is 5.73 Å². The Bertz CT molecular complexity index is 479. The molecule has 2 aliphatic heterocycles. The molecule has 2 fully saturated rings. The second-order valence-electron chi connectivity index (χ2n) is 5.56. The maximum atomic E-state index is 12.4. The summed E-state index contributed by atoms with van der Waals surface area (Å²) in [6, 6.07) is 0. The lowest BCUT2D eigenvalue weighted by Crippen LogP contribution is -2.50. The SMILES string of the molecule is NCc1nc(C(=O)N2CCN(CC3CCCO3)CC2)cs1. The summed E-state index contributed by atoms with van der Waals surface area (Å²) in [6.07, 6.45) is 2.73. The van der Waals surface area contributed by atoms with Gasteiger partial charge in [0.05, 0.1) is 6.10 Å². The van der Waals surface area contributed by atoms with Crippen molar-refractivity contribution >= 4 is 17.2 Å². The average molecular weight is 310 g/mol. The van der Waals surface area contributed by atoms with Crippen LogP contribution in [0.4, 0.5) is 0 Å². The number of carbonyl (C=O) groups excluding carboxylic acids is 1. The molecule has 1 aromatic heterocycles. The fraction of sp³-hybridized carbons (Fsp3) is 0.714. The van der Waals surface area contributed by atoms with E-state index in [9.17, 15) is 4.79 Å². The molecule has 3 rings (SSSR count). The molecular weight excluding hydrogens is 288 g/mol. The fourth-order valence-electron chi connectivity index (χ4n) is 2.87. The van der Waals surface area contributed by atoms with Gasteiger partial charge in [0.1, 0.15) is 10.7 Å². The third-order valence-corrected chi connectivity index (χ3v) is 4.96. The van der Waals surface area contributed by atoms with Gasteiger partial charge >= 0.3 is 0 Å². The number of amides is 1. The largest absolute Gasteiger partial charge is 0.377 e. The first kappa shape index (κ1) is 14.9. The summed E-state index contributed by atoms with van der Waals surface area (Å²) in [5.74, 6) is 0.0303. The molecule has 0 radical (unpaired) electrons. The Kier molecular flexibility index (Phi) is 4.84. The van der Waals surface area contributed by atoms with Crippen molar-refractivity contribution in [2.75, 3.05) is 39.3 Å². The third-order valence-electron chi connectivity index (χ3n) is 4.09. The molecule has 7 heteroatoms. The van der Waals surface area contributed by atoms with Crippen LogP contribution in [0.15, 0.2) is 5.38 Å². The van der Waals surface area contributed by atoms with Crippen molar-refractivity contribution in [1.29, 1.82) is 0 Å². The topological polar surface area (TPSA) is 71.7 Å². The maximum absolute atomic E-state index is 12.4. The Morgan fingerprint density at radius 3 is 2.86 bits per heavy atom. The number of ether oxygens (including phenoxy) is 1. The second kappa shape index (κ2) is 6.83. The molecule has 21 heavy (non-hydrogen) atoms. The van der Waals surface area contributed by atoms with Crippen LogP contribution in [0.1, 0.15) is 28.3 Å². The highest BCUT2D eigenvalue weighted by molar-refractivity contribution is 7.09. The van der Waals surface area contributed by atoms with Crippen molar-refractivity contribution in [3.05, 3.63) is 16.1 Å². The van der Waals surface area contributed by atoms with Crippen LogP contribution in [0.25, 0.3) is 0 Å². The Balaban J connectivity index is 1.49. The van der Waals surface area contributed by atoms with Crippen LogP contribution in [0.3, 0.4) is 0 Å². The number of rotatable bonds is 4. The molecule has 1 amide bonds. The lowest BCUT2D eigenvalue weighted by molar-refractivity contribution is 0.0430. The van der Waals surface area contributed by atoms with Gasteiger partial charge in [-0.05, 0) is 12.8 Å². The summed E-state index contributed by atoms with van der Waals surface area (Å²) in [5, 5.41) is 2.62. The van der Waals surface area contributed by atoms with Crippen molar-refractivity contribution in [2.45, 2.75) is 25.5 Å². The number of aromatic nitrogens is 1. The molecule has 0 saturated carbocycles. The van der Waals surface area contributed by atoms with Crippen molar-refractivity contribution < 1.29 is 9.53 Å². The fourth-order valence-corrected chi connectivity index (χ4v) is 3.52. The monoisotopic (exact) mass is 310 g/mol. The summed E-state index contributed by atoms with van der Waals surface area (Å²) in [6.45, 7) is 5.65. The van der Waals surface area contributed by atoms with Crippen LogP contribution in [0.2, 0.25) is 0 Å². The third kappa shape index (κ3) is 3.60. The molecule has 116 valence electrons. The summed E-state index contributed by atoms with van der Waals surface area (Å²) < 4.78 is 5.67. The zero-order chi connectivity index (χ0) is 14.7. The first-order chi connectivity index (χ1) is 10.3. The van der Waals surface area contributed by atoms with Crippen molar-refractivity contribution in [3.63, 3.8) is 0 Å². The van der Waals surface area contributed by atoms with E-state index >= 15 is 0 Å². The number of piperazine rings is 1. The predicted molar refractivity (Wildman–Crippen MR) is 81.3 cm³/mol. The highest BCUT2D eigenvalue weighted by Crippen LogP contribution is 2.16. The van der Waals surface area contributed by atoms with Gasteiger partial charge in [-0.3, -0.25) is 9.69 Å². The van der Waals surface area contributed by atoms with Crippen molar-refractivity contribution in [1.82, 2.24) is 14.8 Å². The van der Waals surface area contributed by atoms with Gasteiger partial charge < -0.3 is 15.4 Å². The van der Waals surface area contributed by atoms with E-state index in [0.29, 0.717) is 18.3 Å². The number of hydrogen-bond donors (Lipinski definition) is 1. The van der Waals surface area contributed by atoms with Gasteiger partial charge in [-0.15, -0.1) is 11.3 Å². The molecule has 0 spiro atoms. The van der Waals surface area contributed by atoms with Gasteiger partial charge in [-0.1, -0.05) is 0 Å². The molecule has 0 aromatic carbocycles. The smallest absolute Gasteiger partial charge is 0.273 e. The van der Waals surface area contributed by atoms with Gasteiger partial charge in [0.25, 0.3) is 5.91 Å². The Morgan fingerprint density at radius 2 is 2.24 bits per heavy atom. The standard InChI is InChI=1S/C14H22N4O2S/c15-8-13-16-12(10-21-13)14(19)18-5-3-17(4-6-18)9-11-2-1-7-20-11/h10-11H,1-9,15H2. The summed E-state index contributed by atoms with van der Waals surface area (Å²) in [4.78, 5) is 20.9. The number of hydrogen-bond acceptors (Lipinski definition) is 6. The summed E-state index contributed by atoms with van der Waals surface area (Å²) in [5.41, 5.74) is 6.08. The normalized spacial score (nSPS) is 23.7. The molecule has 1 unspecified atom stereocenters. The van der Waals surface area contributed by atoms with Gasteiger partial charge in [0.15, 0.2) is 0 Å². The Labute approximate surface area is 128 Å².